The SMILES string of the molecule is CCN(CC)C(=O)c1cccc(NCC(=O)Nc2cccc(Cl)c2C)c1. The molecule has 26 heavy (non-hydrogen) atoms. The quantitative estimate of drug-likeness (QED) is 0.765. The number of anilines is 2. The van der Waals surface area contributed by atoms with Crippen LogP contribution in [0.5, 0.6) is 0 Å². The number of carbonyl (C=O) groups excluding carboxylic acids is 2. The van der Waals surface area contributed by atoms with Gasteiger partial charge in [-0.1, -0.05) is 23.7 Å². The number of hydrogen-bond acceptors (Lipinski definition) is 3. The molecule has 2 aromatic carbocycles. The van der Waals surface area contributed by atoms with Crippen LogP contribution in [0.15, 0.2) is 42.5 Å². The molecule has 0 fully saturated rings. The number of amides is 2. The minimum absolute atomic E-state index is 0.0161. The summed E-state index contributed by atoms with van der Waals surface area (Å²) in [5.74, 6) is -0.200. The molecule has 0 bridgehead atoms. The molecule has 0 heterocycles. The van der Waals surface area contributed by atoms with Gasteiger partial charge in [-0.2, -0.15) is 0 Å². The molecule has 0 radical (unpaired) electrons. The van der Waals surface area contributed by atoms with E-state index in [1.54, 1.807) is 35.2 Å². The van der Waals surface area contributed by atoms with Gasteiger partial charge in [-0.3, -0.25) is 9.59 Å². The molecule has 0 unspecified atom stereocenters. The second kappa shape index (κ2) is 9.25. The maximum Gasteiger partial charge on any atom is 0.253 e. The standard InChI is InChI=1S/C20H24ClN3O2/c1-4-24(5-2)20(26)15-8-6-9-16(12-15)22-13-19(25)23-18-11-7-10-17(21)14(18)3/h6-12,22H,4-5,13H2,1-3H3,(H,23,25). The van der Waals surface area contributed by atoms with Crippen molar-refractivity contribution in [3.8, 4) is 0 Å². The first-order valence-electron chi connectivity index (χ1n) is 8.64. The smallest absolute Gasteiger partial charge is 0.253 e. The lowest BCUT2D eigenvalue weighted by atomic mass is 10.1. The van der Waals surface area contributed by atoms with Gasteiger partial charge in [0.2, 0.25) is 5.91 Å². The third-order valence-corrected chi connectivity index (χ3v) is 4.56. The number of benzene rings is 2. The molecule has 2 N–H and O–H groups in total. The average molecular weight is 374 g/mol. The first-order valence-corrected chi connectivity index (χ1v) is 9.02. The molecule has 0 saturated heterocycles. The fourth-order valence-corrected chi connectivity index (χ4v) is 2.75. The van der Waals surface area contributed by atoms with Crippen LogP contribution < -0.4 is 10.6 Å². The lowest BCUT2D eigenvalue weighted by Crippen LogP contribution is -2.30. The summed E-state index contributed by atoms with van der Waals surface area (Å²) in [5.41, 5.74) is 2.84. The minimum atomic E-state index is -0.184. The Morgan fingerprint density at radius 1 is 1.08 bits per heavy atom. The van der Waals surface area contributed by atoms with Crippen LogP contribution in [0.2, 0.25) is 5.02 Å². The van der Waals surface area contributed by atoms with Gasteiger partial charge in [-0.05, 0) is 56.7 Å². The minimum Gasteiger partial charge on any atom is -0.376 e. The number of hydrogen-bond donors (Lipinski definition) is 2. The Balaban J connectivity index is 1.99. The van der Waals surface area contributed by atoms with Crippen molar-refractivity contribution in [2.75, 3.05) is 30.3 Å². The Morgan fingerprint density at radius 3 is 2.46 bits per heavy atom. The number of nitrogens with zero attached hydrogens (tertiary/aromatic N) is 1. The van der Waals surface area contributed by atoms with Gasteiger partial charge >= 0.3 is 0 Å². The Labute approximate surface area is 159 Å². The van der Waals surface area contributed by atoms with Gasteiger partial charge < -0.3 is 15.5 Å². The Hall–Kier alpha value is -2.53. The van der Waals surface area contributed by atoms with Crippen molar-refractivity contribution in [3.05, 3.63) is 58.6 Å². The summed E-state index contributed by atoms with van der Waals surface area (Å²) in [6.45, 7) is 7.17. The van der Waals surface area contributed by atoms with Crippen LogP contribution in [0.1, 0.15) is 29.8 Å². The normalized spacial score (nSPS) is 10.3. The maximum atomic E-state index is 12.4. The summed E-state index contributed by atoms with van der Waals surface area (Å²) in [5, 5.41) is 6.50. The molecule has 138 valence electrons. The summed E-state index contributed by atoms with van der Waals surface area (Å²) in [7, 11) is 0. The molecule has 5 nitrogen and oxygen atoms in total. The van der Waals surface area contributed by atoms with Gasteiger partial charge in [-0.25, -0.2) is 0 Å². The van der Waals surface area contributed by atoms with Crippen LogP contribution in [0.25, 0.3) is 0 Å². The van der Waals surface area contributed by atoms with E-state index in [-0.39, 0.29) is 18.4 Å². The maximum absolute atomic E-state index is 12.4. The van der Waals surface area contributed by atoms with Gasteiger partial charge in [0.05, 0.1) is 6.54 Å². The monoisotopic (exact) mass is 373 g/mol. The van der Waals surface area contributed by atoms with E-state index in [1.165, 1.54) is 0 Å². The average Bonchev–Trinajstić information content (AvgIpc) is 2.65. The molecule has 0 aliphatic rings. The molecule has 0 aliphatic heterocycles. The van der Waals surface area contributed by atoms with E-state index in [9.17, 15) is 9.59 Å². The van der Waals surface area contributed by atoms with E-state index in [2.05, 4.69) is 10.6 Å². The zero-order valence-electron chi connectivity index (χ0n) is 15.3. The molecule has 2 aromatic rings. The highest BCUT2D eigenvalue weighted by Gasteiger charge is 2.13. The fourth-order valence-electron chi connectivity index (χ4n) is 2.58. The molecule has 0 saturated carbocycles. The fraction of sp³-hybridized carbons (Fsp3) is 0.300. The van der Waals surface area contributed by atoms with Gasteiger partial charge in [-0.15, -0.1) is 0 Å². The van der Waals surface area contributed by atoms with E-state index in [1.807, 2.05) is 32.9 Å². The van der Waals surface area contributed by atoms with Gasteiger partial charge in [0.25, 0.3) is 5.91 Å². The van der Waals surface area contributed by atoms with Crippen molar-refractivity contribution in [1.82, 2.24) is 4.90 Å². The summed E-state index contributed by atoms with van der Waals surface area (Å²) < 4.78 is 0. The molecule has 2 amide bonds. The van der Waals surface area contributed by atoms with Crippen LogP contribution >= 0.6 is 11.6 Å². The Bertz CT molecular complexity index is 788. The third kappa shape index (κ3) is 4.99. The second-order valence-corrected chi connectivity index (χ2v) is 6.28. The van der Waals surface area contributed by atoms with Crippen LogP contribution in [-0.4, -0.2) is 36.3 Å². The zero-order valence-corrected chi connectivity index (χ0v) is 16.1. The number of rotatable bonds is 7. The predicted molar refractivity (Wildman–Crippen MR) is 107 cm³/mol. The van der Waals surface area contributed by atoms with Gasteiger partial charge in [0.1, 0.15) is 0 Å². The number of halogens is 1. The lowest BCUT2D eigenvalue weighted by Gasteiger charge is -2.19. The first-order chi connectivity index (χ1) is 12.5. The van der Waals surface area contributed by atoms with E-state index < -0.39 is 0 Å². The number of nitrogens with one attached hydrogen (secondary N) is 2. The highest BCUT2D eigenvalue weighted by atomic mass is 35.5. The van der Waals surface area contributed by atoms with Crippen molar-refractivity contribution in [1.29, 1.82) is 0 Å². The number of carbonyl (C=O) groups is 2. The van der Waals surface area contributed by atoms with Gasteiger partial charge in [0.15, 0.2) is 0 Å². The Kier molecular flexibility index (Phi) is 7.04. The Morgan fingerprint density at radius 2 is 1.77 bits per heavy atom. The molecular weight excluding hydrogens is 350 g/mol. The van der Waals surface area contributed by atoms with Crippen molar-refractivity contribution in [2.24, 2.45) is 0 Å². The van der Waals surface area contributed by atoms with Crippen molar-refractivity contribution in [3.63, 3.8) is 0 Å². The topological polar surface area (TPSA) is 61.4 Å². The van der Waals surface area contributed by atoms with E-state index in [4.69, 9.17) is 11.6 Å². The molecule has 6 heteroatoms. The summed E-state index contributed by atoms with van der Waals surface area (Å²) in [4.78, 5) is 26.3. The van der Waals surface area contributed by atoms with Crippen molar-refractivity contribution in [2.45, 2.75) is 20.8 Å². The molecule has 2 rings (SSSR count). The summed E-state index contributed by atoms with van der Waals surface area (Å²) in [6.07, 6.45) is 0. The van der Waals surface area contributed by atoms with Crippen molar-refractivity contribution >= 4 is 34.8 Å². The largest absolute Gasteiger partial charge is 0.376 e. The highest BCUT2D eigenvalue weighted by molar-refractivity contribution is 6.31. The molecule has 0 spiro atoms. The predicted octanol–water partition coefficient (Wildman–Crippen LogP) is 4.18. The molecular formula is C20H24ClN3O2. The molecule has 0 aromatic heterocycles. The highest BCUT2D eigenvalue weighted by Crippen LogP contribution is 2.22. The summed E-state index contributed by atoms with van der Waals surface area (Å²) in [6, 6.07) is 12.6. The van der Waals surface area contributed by atoms with E-state index in [0.717, 1.165) is 11.3 Å². The lowest BCUT2D eigenvalue weighted by molar-refractivity contribution is -0.114. The second-order valence-electron chi connectivity index (χ2n) is 5.87. The van der Waals surface area contributed by atoms with Crippen LogP contribution in [0, 0.1) is 6.92 Å². The summed E-state index contributed by atoms with van der Waals surface area (Å²) >= 11 is 6.06. The van der Waals surface area contributed by atoms with E-state index >= 15 is 0 Å². The third-order valence-electron chi connectivity index (χ3n) is 4.16. The van der Waals surface area contributed by atoms with Crippen LogP contribution in [-0.2, 0) is 4.79 Å². The zero-order chi connectivity index (χ0) is 19.1. The van der Waals surface area contributed by atoms with Gasteiger partial charge in [0, 0.05) is 35.1 Å². The van der Waals surface area contributed by atoms with Crippen LogP contribution in [0.3, 0.4) is 0 Å². The van der Waals surface area contributed by atoms with Crippen LogP contribution in [0.4, 0.5) is 11.4 Å². The van der Waals surface area contributed by atoms with Crippen molar-refractivity contribution < 1.29 is 9.59 Å². The first kappa shape index (κ1) is 19.8. The molecule has 0 aliphatic carbocycles. The molecule has 0 atom stereocenters. The van der Waals surface area contributed by atoms with E-state index in [0.29, 0.717) is 29.4 Å².